The first-order chi connectivity index (χ1) is 5.77. The number of hydrogen-bond acceptors (Lipinski definition) is 4. The van der Waals surface area contributed by atoms with E-state index in [-0.39, 0.29) is 12.4 Å². The zero-order valence-corrected chi connectivity index (χ0v) is 6.32. The molecule has 1 aliphatic heterocycles. The molecule has 0 saturated carbocycles. The van der Waals surface area contributed by atoms with Gasteiger partial charge in [-0.15, -0.1) is 0 Å². The van der Waals surface area contributed by atoms with Crippen LogP contribution in [0.2, 0.25) is 0 Å². The number of ether oxygens (including phenoxy) is 1. The molecule has 0 aromatic heterocycles. The summed E-state index contributed by atoms with van der Waals surface area (Å²) in [5.41, 5.74) is 6.03. The molecular weight excluding hydrogens is 156 g/mol. The summed E-state index contributed by atoms with van der Waals surface area (Å²) in [5.74, 6) is 0.934. The van der Waals surface area contributed by atoms with Gasteiger partial charge in [0, 0.05) is 0 Å². The van der Waals surface area contributed by atoms with Gasteiger partial charge in [-0.1, -0.05) is 6.07 Å². The van der Waals surface area contributed by atoms with Gasteiger partial charge >= 0.3 is 0 Å². The number of aromatic hydroxyl groups is 1. The van der Waals surface area contributed by atoms with Crippen molar-refractivity contribution in [1.82, 2.24) is 0 Å². The van der Waals surface area contributed by atoms with Crippen LogP contribution in [0, 0.1) is 0 Å². The molecule has 1 aliphatic rings. The fraction of sp³-hybridized carbons (Fsp3) is 0.125. The third-order valence-electron chi connectivity index (χ3n) is 1.60. The highest BCUT2D eigenvalue weighted by Gasteiger charge is 2.13. The molecule has 12 heavy (non-hydrogen) atoms. The third kappa shape index (κ3) is 0.972. The molecule has 0 saturated heterocycles. The van der Waals surface area contributed by atoms with E-state index >= 15 is 0 Å². The number of nitrogens with zero attached hydrogens (tertiary/aromatic N) is 1. The van der Waals surface area contributed by atoms with Crippen molar-refractivity contribution in [3.63, 3.8) is 0 Å². The number of nitrogens with two attached hydrogens (primary N) is 1. The molecule has 4 nitrogen and oxygen atoms in total. The van der Waals surface area contributed by atoms with E-state index in [4.69, 9.17) is 10.5 Å². The monoisotopic (exact) mass is 164 g/mol. The van der Waals surface area contributed by atoms with Crippen LogP contribution in [-0.2, 0) is 0 Å². The molecule has 2 rings (SSSR count). The molecule has 1 aromatic rings. The van der Waals surface area contributed by atoms with E-state index in [1.54, 1.807) is 18.2 Å². The summed E-state index contributed by atoms with van der Waals surface area (Å²) in [7, 11) is 0. The molecule has 0 unspecified atom stereocenters. The molecule has 0 bridgehead atoms. The van der Waals surface area contributed by atoms with Crippen LogP contribution in [0.4, 0.5) is 5.69 Å². The normalized spacial score (nSPS) is 14.5. The minimum Gasteiger partial charge on any atom is -0.504 e. The molecule has 62 valence electrons. The second-order valence-corrected chi connectivity index (χ2v) is 2.52. The largest absolute Gasteiger partial charge is 0.504 e. The predicted molar refractivity (Wildman–Crippen MR) is 44.9 cm³/mol. The Balaban J connectivity index is 2.57. The first-order valence-electron chi connectivity index (χ1n) is 3.55. The van der Waals surface area contributed by atoms with Gasteiger partial charge in [-0.05, 0) is 12.1 Å². The number of aliphatic imine (C=N–C) groups is 1. The maximum atomic E-state index is 9.31. The van der Waals surface area contributed by atoms with E-state index in [2.05, 4.69) is 4.99 Å². The Bertz CT molecular complexity index is 347. The van der Waals surface area contributed by atoms with Gasteiger partial charge in [-0.3, -0.25) is 0 Å². The summed E-state index contributed by atoms with van der Waals surface area (Å²) in [6.07, 6.45) is 0. The lowest BCUT2D eigenvalue weighted by atomic mass is 10.2. The van der Waals surface area contributed by atoms with Crippen LogP contribution in [-0.4, -0.2) is 17.5 Å². The first kappa shape index (κ1) is 6.97. The van der Waals surface area contributed by atoms with Gasteiger partial charge < -0.3 is 15.6 Å². The number of hydrogen-bond donors (Lipinski definition) is 2. The molecule has 1 heterocycles. The van der Waals surface area contributed by atoms with Crippen LogP contribution in [0.5, 0.6) is 11.5 Å². The molecule has 0 radical (unpaired) electrons. The fourth-order valence-corrected chi connectivity index (χ4v) is 1.08. The number of rotatable bonds is 0. The lowest BCUT2D eigenvalue weighted by molar-refractivity contribution is 0.342. The predicted octanol–water partition coefficient (Wildman–Crippen LogP) is 0.773. The SMILES string of the molecule is NC1=Nc2cccc(O)c2OC1. The van der Waals surface area contributed by atoms with Gasteiger partial charge in [0.25, 0.3) is 0 Å². The number of phenols is 1. The lowest BCUT2D eigenvalue weighted by Crippen LogP contribution is -2.23. The van der Waals surface area contributed by atoms with Crippen molar-refractivity contribution in [1.29, 1.82) is 0 Å². The highest BCUT2D eigenvalue weighted by Crippen LogP contribution is 2.37. The van der Waals surface area contributed by atoms with Crippen molar-refractivity contribution < 1.29 is 9.84 Å². The van der Waals surface area contributed by atoms with Crippen molar-refractivity contribution in [2.75, 3.05) is 6.61 Å². The quantitative estimate of drug-likeness (QED) is 0.595. The number of amidine groups is 1. The maximum absolute atomic E-state index is 9.31. The molecule has 0 spiro atoms. The Morgan fingerprint density at radius 3 is 3.17 bits per heavy atom. The van der Waals surface area contributed by atoms with Gasteiger partial charge in [-0.25, -0.2) is 4.99 Å². The van der Waals surface area contributed by atoms with E-state index in [0.717, 1.165) is 0 Å². The summed E-state index contributed by atoms with van der Waals surface area (Å²) in [6, 6.07) is 4.98. The third-order valence-corrected chi connectivity index (χ3v) is 1.60. The number of benzene rings is 1. The summed E-state index contributed by atoms with van der Waals surface area (Å²) < 4.78 is 5.16. The molecule has 0 amide bonds. The van der Waals surface area contributed by atoms with E-state index in [9.17, 15) is 5.11 Å². The van der Waals surface area contributed by atoms with Crippen molar-refractivity contribution in [2.45, 2.75) is 0 Å². The zero-order chi connectivity index (χ0) is 8.55. The molecule has 0 aliphatic carbocycles. The average molecular weight is 164 g/mol. The van der Waals surface area contributed by atoms with Gasteiger partial charge in [0.15, 0.2) is 11.5 Å². The second-order valence-electron chi connectivity index (χ2n) is 2.52. The van der Waals surface area contributed by atoms with E-state index in [1.165, 1.54) is 0 Å². The molecule has 3 N–H and O–H groups in total. The minimum absolute atomic E-state index is 0.101. The standard InChI is InChI=1S/C8H8N2O2/c9-7-4-12-8-5(10-7)2-1-3-6(8)11/h1-3,11H,4H2,(H2,9,10). The fourth-order valence-electron chi connectivity index (χ4n) is 1.08. The van der Waals surface area contributed by atoms with Crippen LogP contribution in [0.15, 0.2) is 23.2 Å². The number of phenolic OH excluding ortho intramolecular Hbond substituents is 1. The smallest absolute Gasteiger partial charge is 0.187 e. The summed E-state index contributed by atoms with van der Waals surface area (Å²) in [4.78, 5) is 4.02. The van der Waals surface area contributed by atoms with E-state index < -0.39 is 0 Å². The summed E-state index contributed by atoms with van der Waals surface area (Å²) >= 11 is 0. The summed E-state index contributed by atoms with van der Waals surface area (Å²) in [6.45, 7) is 0.241. The molecule has 1 aromatic carbocycles. The van der Waals surface area contributed by atoms with Gasteiger partial charge in [0.1, 0.15) is 18.1 Å². The van der Waals surface area contributed by atoms with Gasteiger partial charge in [0.05, 0.1) is 0 Å². The Morgan fingerprint density at radius 1 is 1.50 bits per heavy atom. The maximum Gasteiger partial charge on any atom is 0.187 e. The Kier molecular flexibility index (Phi) is 1.40. The van der Waals surface area contributed by atoms with Crippen LogP contribution in [0.1, 0.15) is 0 Å². The summed E-state index contributed by atoms with van der Waals surface area (Å²) in [5, 5.41) is 9.31. The van der Waals surface area contributed by atoms with Crippen LogP contribution in [0.3, 0.4) is 0 Å². The van der Waals surface area contributed by atoms with Crippen LogP contribution >= 0.6 is 0 Å². The second kappa shape index (κ2) is 2.41. The Morgan fingerprint density at radius 2 is 2.33 bits per heavy atom. The highest BCUT2D eigenvalue weighted by molar-refractivity contribution is 5.87. The van der Waals surface area contributed by atoms with Crippen molar-refractivity contribution in [3.05, 3.63) is 18.2 Å². The minimum atomic E-state index is 0.101. The van der Waals surface area contributed by atoms with Crippen molar-refractivity contribution in [3.8, 4) is 11.5 Å². The van der Waals surface area contributed by atoms with Crippen LogP contribution < -0.4 is 10.5 Å². The van der Waals surface area contributed by atoms with Gasteiger partial charge in [-0.2, -0.15) is 0 Å². The average Bonchev–Trinajstić information content (AvgIpc) is 2.04. The Hall–Kier alpha value is -1.71. The van der Waals surface area contributed by atoms with Crippen LogP contribution in [0.25, 0.3) is 0 Å². The molecule has 4 heteroatoms. The molecule has 0 fully saturated rings. The number of para-hydroxylation sites is 1. The van der Waals surface area contributed by atoms with E-state index in [0.29, 0.717) is 17.3 Å². The van der Waals surface area contributed by atoms with Gasteiger partial charge in [0.2, 0.25) is 0 Å². The molecule has 0 atom stereocenters. The highest BCUT2D eigenvalue weighted by atomic mass is 16.5. The zero-order valence-electron chi connectivity index (χ0n) is 6.32. The molecular formula is C8H8N2O2. The van der Waals surface area contributed by atoms with E-state index in [1.807, 2.05) is 0 Å². The van der Waals surface area contributed by atoms with Crippen molar-refractivity contribution in [2.24, 2.45) is 10.7 Å². The Labute approximate surface area is 69.3 Å². The lowest BCUT2D eigenvalue weighted by Gasteiger charge is -2.14. The number of fused-ring (bicyclic) bond motifs is 1. The first-order valence-corrected chi connectivity index (χ1v) is 3.55. The topological polar surface area (TPSA) is 67.8 Å². The van der Waals surface area contributed by atoms with Crippen molar-refractivity contribution >= 4 is 11.5 Å².